The van der Waals surface area contributed by atoms with E-state index in [2.05, 4.69) is 15.6 Å². The summed E-state index contributed by atoms with van der Waals surface area (Å²) < 4.78 is 0. The van der Waals surface area contributed by atoms with E-state index < -0.39 is 6.03 Å². The number of carbonyl (C=O) groups excluding carboxylic acids is 2. The Morgan fingerprint density at radius 2 is 1.84 bits per heavy atom. The number of carbonyl (C=O) groups is 2. The van der Waals surface area contributed by atoms with Crippen LogP contribution in [-0.2, 0) is 0 Å². The average Bonchev–Trinajstić information content (AvgIpc) is 2.75. The zero-order valence-electron chi connectivity index (χ0n) is 9.74. The number of anilines is 2. The van der Waals surface area contributed by atoms with Gasteiger partial charge in [0.05, 0.1) is 5.02 Å². The lowest BCUT2D eigenvalue weighted by Crippen LogP contribution is -2.19. The van der Waals surface area contributed by atoms with Crippen LogP contribution in [0.25, 0.3) is 0 Å². The minimum atomic E-state index is -0.667. The van der Waals surface area contributed by atoms with Gasteiger partial charge in [-0.15, -0.1) is 0 Å². The van der Waals surface area contributed by atoms with Gasteiger partial charge in [0.1, 0.15) is 5.69 Å². The summed E-state index contributed by atoms with van der Waals surface area (Å²) in [4.78, 5) is 25.3. The molecule has 7 heteroatoms. The number of nitrogens with one attached hydrogen (secondary N) is 3. The summed E-state index contributed by atoms with van der Waals surface area (Å²) in [6, 6.07) is 7.47. The molecule has 0 aliphatic heterocycles. The molecule has 1 heterocycles. The van der Waals surface area contributed by atoms with Crippen LogP contribution in [0.3, 0.4) is 0 Å². The maximum absolute atomic E-state index is 11.8. The number of amides is 3. The molecule has 1 aromatic carbocycles. The maximum Gasteiger partial charge on any atom is 0.316 e. The van der Waals surface area contributed by atoms with Gasteiger partial charge in [-0.05, 0) is 24.3 Å². The first-order valence-electron chi connectivity index (χ1n) is 5.36. The van der Waals surface area contributed by atoms with E-state index in [4.69, 9.17) is 17.3 Å². The van der Waals surface area contributed by atoms with Crippen molar-refractivity contribution in [1.82, 2.24) is 4.98 Å². The minimum absolute atomic E-state index is 0.330. The lowest BCUT2D eigenvalue weighted by molar-refractivity contribution is 0.102. The summed E-state index contributed by atoms with van der Waals surface area (Å²) in [6.07, 6.45) is 1.52. The van der Waals surface area contributed by atoms with Crippen LogP contribution in [0.2, 0.25) is 5.02 Å². The molecule has 1 aromatic heterocycles. The number of rotatable bonds is 3. The monoisotopic (exact) mass is 278 g/mol. The highest BCUT2D eigenvalue weighted by Crippen LogP contribution is 2.16. The van der Waals surface area contributed by atoms with Gasteiger partial charge in [0.15, 0.2) is 0 Å². The van der Waals surface area contributed by atoms with Gasteiger partial charge in [0, 0.05) is 17.6 Å². The van der Waals surface area contributed by atoms with E-state index in [9.17, 15) is 9.59 Å². The van der Waals surface area contributed by atoms with Gasteiger partial charge in [-0.1, -0.05) is 17.7 Å². The molecule has 6 nitrogen and oxygen atoms in total. The normalized spacial score (nSPS) is 9.95. The van der Waals surface area contributed by atoms with Crippen molar-refractivity contribution in [2.45, 2.75) is 0 Å². The molecule has 0 radical (unpaired) electrons. The number of halogens is 1. The van der Waals surface area contributed by atoms with Gasteiger partial charge in [0.25, 0.3) is 5.91 Å². The molecule has 19 heavy (non-hydrogen) atoms. The molecule has 98 valence electrons. The summed E-state index contributed by atoms with van der Waals surface area (Å²) in [5.74, 6) is -0.330. The van der Waals surface area contributed by atoms with Crippen molar-refractivity contribution in [2.24, 2.45) is 5.73 Å². The maximum atomic E-state index is 11.8. The summed E-state index contributed by atoms with van der Waals surface area (Å²) in [6.45, 7) is 0. The number of H-pyrrole nitrogens is 1. The molecule has 5 N–H and O–H groups in total. The van der Waals surface area contributed by atoms with Crippen LogP contribution in [0.4, 0.5) is 16.2 Å². The average molecular weight is 279 g/mol. The standard InChI is InChI=1S/C12H11ClN4O2/c13-7-4-10(15-6-7)11(18)16-8-2-1-3-9(5-8)17-12(14)19/h1-6,15H,(H,16,18)(H3,14,17,19). The fourth-order valence-corrected chi connectivity index (χ4v) is 1.68. The molecule has 3 amide bonds. The Balaban J connectivity index is 2.10. The highest BCUT2D eigenvalue weighted by Gasteiger charge is 2.08. The van der Waals surface area contributed by atoms with Gasteiger partial charge in [-0.3, -0.25) is 4.79 Å². The molecular weight excluding hydrogens is 268 g/mol. The zero-order valence-corrected chi connectivity index (χ0v) is 10.5. The number of hydrogen-bond donors (Lipinski definition) is 4. The number of hydrogen-bond acceptors (Lipinski definition) is 2. The number of primary amides is 1. The highest BCUT2D eigenvalue weighted by atomic mass is 35.5. The van der Waals surface area contributed by atoms with Gasteiger partial charge in [-0.2, -0.15) is 0 Å². The first kappa shape index (κ1) is 13.0. The number of nitrogens with two attached hydrogens (primary N) is 1. The highest BCUT2D eigenvalue weighted by molar-refractivity contribution is 6.31. The van der Waals surface area contributed by atoms with Crippen molar-refractivity contribution >= 4 is 34.9 Å². The van der Waals surface area contributed by atoms with Crippen LogP contribution in [-0.4, -0.2) is 16.9 Å². The Morgan fingerprint density at radius 3 is 2.42 bits per heavy atom. The Morgan fingerprint density at radius 1 is 1.16 bits per heavy atom. The number of benzene rings is 1. The second-order valence-corrected chi connectivity index (χ2v) is 4.19. The first-order chi connectivity index (χ1) is 9.04. The fourth-order valence-electron chi connectivity index (χ4n) is 1.51. The molecule has 0 atom stereocenters. The number of aromatic nitrogens is 1. The summed E-state index contributed by atoms with van der Waals surface area (Å²) in [5.41, 5.74) is 6.38. The van der Waals surface area contributed by atoms with E-state index in [0.717, 1.165) is 0 Å². The van der Waals surface area contributed by atoms with Crippen molar-refractivity contribution in [1.29, 1.82) is 0 Å². The van der Waals surface area contributed by atoms with Crippen LogP contribution in [0, 0.1) is 0 Å². The zero-order chi connectivity index (χ0) is 13.8. The summed E-state index contributed by atoms with van der Waals surface area (Å²) in [5, 5.41) is 5.54. The van der Waals surface area contributed by atoms with Crippen LogP contribution in [0.15, 0.2) is 36.5 Å². The molecule has 0 aliphatic carbocycles. The number of aromatic amines is 1. The van der Waals surface area contributed by atoms with E-state index >= 15 is 0 Å². The van der Waals surface area contributed by atoms with Gasteiger partial charge in [0.2, 0.25) is 0 Å². The van der Waals surface area contributed by atoms with Gasteiger partial charge in [-0.25, -0.2) is 4.79 Å². The van der Waals surface area contributed by atoms with Crippen LogP contribution < -0.4 is 16.4 Å². The Bertz CT molecular complexity index is 624. The molecule has 2 aromatic rings. The SMILES string of the molecule is NC(=O)Nc1cccc(NC(=O)c2cc(Cl)c[nH]2)c1. The largest absolute Gasteiger partial charge is 0.356 e. The second kappa shape index (κ2) is 5.45. The quantitative estimate of drug-likeness (QED) is 0.693. The van der Waals surface area contributed by atoms with Gasteiger partial charge >= 0.3 is 6.03 Å². The Labute approximate surface area is 113 Å². The van der Waals surface area contributed by atoms with Crippen LogP contribution in [0.5, 0.6) is 0 Å². The molecule has 0 fully saturated rings. The predicted molar refractivity (Wildman–Crippen MR) is 73.4 cm³/mol. The lowest BCUT2D eigenvalue weighted by Gasteiger charge is -2.06. The molecule has 0 unspecified atom stereocenters. The first-order valence-corrected chi connectivity index (χ1v) is 5.74. The van der Waals surface area contributed by atoms with Crippen LogP contribution in [0.1, 0.15) is 10.5 Å². The second-order valence-electron chi connectivity index (χ2n) is 3.76. The fraction of sp³-hybridized carbons (Fsp3) is 0. The summed E-state index contributed by atoms with van der Waals surface area (Å²) in [7, 11) is 0. The van der Waals surface area contributed by atoms with E-state index in [0.29, 0.717) is 22.1 Å². The molecule has 0 aliphatic rings. The van der Waals surface area contributed by atoms with E-state index in [1.807, 2.05) is 0 Å². The van der Waals surface area contributed by atoms with Crippen LogP contribution >= 0.6 is 11.6 Å². The van der Waals surface area contributed by atoms with Crippen molar-refractivity contribution in [3.05, 3.63) is 47.2 Å². The molecule has 0 bridgehead atoms. The van der Waals surface area contributed by atoms with E-state index in [1.165, 1.54) is 12.3 Å². The van der Waals surface area contributed by atoms with E-state index in [-0.39, 0.29) is 5.91 Å². The Hall–Kier alpha value is -2.47. The molecule has 2 rings (SSSR count). The summed E-state index contributed by atoms with van der Waals surface area (Å²) >= 11 is 5.72. The minimum Gasteiger partial charge on any atom is -0.356 e. The molecular formula is C12H11ClN4O2. The topological polar surface area (TPSA) is 100 Å². The third-order valence-corrected chi connectivity index (χ3v) is 2.50. The van der Waals surface area contributed by atoms with Crippen molar-refractivity contribution in [3.63, 3.8) is 0 Å². The Kier molecular flexibility index (Phi) is 3.72. The third-order valence-electron chi connectivity index (χ3n) is 2.28. The molecule has 0 saturated carbocycles. The smallest absolute Gasteiger partial charge is 0.316 e. The molecule has 0 spiro atoms. The van der Waals surface area contributed by atoms with Crippen molar-refractivity contribution < 1.29 is 9.59 Å². The lowest BCUT2D eigenvalue weighted by atomic mass is 10.2. The molecule has 0 saturated heterocycles. The van der Waals surface area contributed by atoms with Crippen molar-refractivity contribution in [3.8, 4) is 0 Å². The van der Waals surface area contributed by atoms with Crippen molar-refractivity contribution in [2.75, 3.05) is 10.6 Å². The van der Waals surface area contributed by atoms with Gasteiger partial charge < -0.3 is 21.4 Å². The number of urea groups is 1. The third kappa shape index (κ3) is 3.49. The predicted octanol–water partition coefficient (Wildman–Crippen LogP) is 2.41. The van der Waals surface area contributed by atoms with E-state index in [1.54, 1.807) is 24.3 Å².